The molecule has 19 heavy (non-hydrogen) atoms. The van der Waals surface area contributed by atoms with Crippen molar-refractivity contribution in [3.8, 4) is 0 Å². The molecular formula is C14H15NO3S. The van der Waals surface area contributed by atoms with Crippen molar-refractivity contribution in [1.82, 2.24) is 4.31 Å². The molecule has 4 nitrogen and oxygen atoms in total. The first-order valence-electron chi connectivity index (χ1n) is 5.97. The van der Waals surface area contributed by atoms with Crippen molar-refractivity contribution >= 4 is 22.0 Å². The van der Waals surface area contributed by atoms with E-state index in [9.17, 15) is 13.2 Å². The van der Waals surface area contributed by atoms with Crippen LogP contribution >= 0.6 is 0 Å². The molecule has 0 fully saturated rings. The van der Waals surface area contributed by atoms with Crippen molar-refractivity contribution in [2.75, 3.05) is 6.54 Å². The highest BCUT2D eigenvalue weighted by atomic mass is 32.2. The zero-order chi connectivity index (χ0) is 13.9. The van der Waals surface area contributed by atoms with Crippen molar-refractivity contribution < 1.29 is 13.2 Å². The second-order valence-electron chi connectivity index (χ2n) is 4.36. The Morgan fingerprint density at radius 3 is 2.84 bits per heavy atom. The van der Waals surface area contributed by atoms with E-state index >= 15 is 0 Å². The standard InChI is InChI=1S/C14H15NO3S/c1-12-5-4-6-13(11-12)7-8-14(16)15-9-2-3-10-19(15,17)18/h3-8,10-11H,2,9H2,1H3/b8-7+. The summed E-state index contributed by atoms with van der Waals surface area (Å²) >= 11 is 0. The average Bonchev–Trinajstić information content (AvgIpc) is 2.35. The zero-order valence-electron chi connectivity index (χ0n) is 10.6. The van der Waals surface area contributed by atoms with Gasteiger partial charge in [0.05, 0.1) is 0 Å². The van der Waals surface area contributed by atoms with Crippen molar-refractivity contribution in [2.24, 2.45) is 0 Å². The van der Waals surface area contributed by atoms with Crippen molar-refractivity contribution in [3.63, 3.8) is 0 Å². The maximum atomic E-state index is 11.9. The van der Waals surface area contributed by atoms with E-state index < -0.39 is 15.9 Å². The fourth-order valence-electron chi connectivity index (χ4n) is 1.84. The van der Waals surface area contributed by atoms with Crippen LogP contribution in [-0.4, -0.2) is 25.2 Å². The second-order valence-corrected chi connectivity index (χ2v) is 6.11. The topological polar surface area (TPSA) is 54.5 Å². The van der Waals surface area contributed by atoms with Gasteiger partial charge >= 0.3 is 0 Å². The van der Waals surface area contributed by atoms with Gasteiger partial charge in [-0.2, -0.15) is 0 Å². The molecule has 0 saturated heterocycles. The molecule has 0 aliphatic carbocycles. The van der Waals surface area contributed by atoms with Gasteiger partial charge in [0.15, 0.2) is 0 Å². The van der Waals surface area contributed by atoms with Crippen LogP contribution in [0.1, 0.15) is 17.5 Å². The van der Waals surface area contributed by atoms with E-state index in [0.717, 1.165) is 20.8 Å². The number of rotatable bonds is 2. The third-order valence-electron chi connectivity index (χ3n) is 2.78. The largest absolute Gasteiger partial charge is 0.269 e. The van der Waals surface area contributed by atoms with Gasteiger partial charge in [-0.1, -0.05) is 35.9 Å². The minimum Gasteiger partial charge on any atom is -0.269 e. The van der Waals surface area contributed by atoms with Gasteiger partial charge in [-0.15, -0.1) is 0 Å². The third kappa shape index (κ3) is 3.32. The number of sulfonamides is 1. The number of aryl methyl sites for hydroxylation is 1. The molecule has 1 heterocycles. The Labute approximate surface area is 113 Å². The summed E-state index contributed by atoms with van der Waals surface area (Å²) in [7, 11) is -3.58. The lowest BCUT2D eigenvalue weighted by Gasteiger charge is -2.21. The van der Waals surface area contributed by atoms with Crippen molar-refractivity contribution in [3.05, 3.63) is 53.0 Å². The van der Waals surface area contributed by atoms with Crippen LogP contribution in [0.5, 0.6) is 0 Å². The summed E-state index contributed by atoms with van der Waals surface area (Å²) in [6.45, 7) is 2.16. The van der Waals surface area contributed by atoms with Crippen LogP contribution in [0.2, 0.25) is 0 Å². The number of hydrogen-bond donors (Lipinski definition) is 0. The van der Waals surface area contributed by atoms with Gasteiger partial charge in [0, 0.05) is 18.0 Å². The van der Waals surface area contributed by atoms with Crippen LogP contribution in [0.25, 0.3) is 6.08 Å². The number of carbonyl (C=O) groups excluding carboxylic acids is 1. The van der Waals surface area contributed by atoms with Gasteiger partial charge in [0.2, 0.25) is 0 Å². The highest BCUT2D eigenvalue weighted by Crippen LogP contribution is 2.13. The van der Waals surface area contributed by atoms with E-state index in [1.807, 2.05) is 31.2 Å². The molecule has 2 rings (SSSR count). The summed E-state index contributed by atoms with van der Waals surface area (Å²) in [4.78, 5) is 11.9. The van der Waals surface area contributed by atoms with Crippen LogP contribution in [0.3, 0.4) is 0 Å². The maximum Gasteiger partial charge on any atom is 0.260 e. The number of hydrogen-bond acceptors (Lipinski definition) is 3. The van der Waals surface area contributed by atoms with Gasteiger partial charge in [0.25, 0.3) is 15.9 Å². The first-order chi connectivity index (χ1) is 8.99. The molecule has 0 aromatic heterocycles. The molecule has 0 saturated carbocycles. The van der Waals surface area contributed by atoms with Crippen LogP contribution in [0, 0.1) is 6.92 Å². The molecular weight excluding hydrogens is 262 g/mol. The summed E-state index contributed by atoms with van der Waals surface area (Å²) in [5.41, 5.74) is 1.96. The van der Waals surface area contributed by atoms with Gasteiger partial charge in [-0.05, 0) is 25.0 Å². The smallest absolute Gasteiger partial charge is 0.260 e. The lowest BCUT2D eigenvalue weighted by atomic mass is 10.1. The van der Waals surface area contributed by atoms with E-state index in [2.05, 4.69) is 0 Å². The Hall–Kier alpha value is -1.88. The number of nitrogens with zero attached hydrogens (tertiary/aromatic N) is 1. The summed E-state index contributed by atoms with van der Waals surface area (Å²) in [5, 5.41) is 1.08. The van der Waals surface area contributed by atoms with Gasteiger partial charge < -0.3 is 0 Å². The molecule has 100 valence electrons. The van der Waals surface area contributed by atoms with Crippen LogP contribution in [0.15, 0.2) is 41.8 Å². The molecule has 1 aliphatic rings. The molecule has 1 amide bonds. The Bertz CT molecular complexity index is 644. The normalized spacial score (nSPS) is 17.8. The van der Waals surface area contributed by atoms with Crippen LogP contribution in [0.4, 0.5) is 0 Å². The average molecular weight is 277 g/mol. The Morgan fingerprint density at radius 2 is 2.16 bits per heavy atom. The van der Waals surface area contributed by atoms with Gasteiger partial charge in [-0.25, -0.2) is 12.7 Å². The van der Waals surface area contributed by atoms with Crippen LogP contribution < -0.4 is 0 Å². The number of carbonyl (C=O) groups is 1. The van der Waals surface area contributed by atoms with Crippen molar-refractivity contribution in [1.29, 1.82) is 0 Å². The molecule has 1 aromatic carbocycles. The zero-order valence-corrected chi connectivity index (χ0v) is 11.4. The molecule has 0 atom stereocenters. The summed E-state index contributed by atoms with van der Waals surface area (Å²) in [6.07, 6.45) is 5.04. The fourth-order valence-corrected chi connectivity index (χ4v) is 3.04. The molecule has 0 bridgehead atoms. The van der Waals surface area contributed by atoms with E-state index in [1.54, 1.807) is 12.2 Å². The van der Waals surface area contributed by atoms with Crippen molar-refractivity contribution in [2.45, 2.75) is 13.3 Å². The Balaban J connectivity index is 2.16. The predicted molar refractivity (Wildman–Crippen MR) is 74.6 cm³/mol. The number of benzene rings is 1. The minimum absolute atomic E-state index is 0.204. The van der Waals surface area contributed by atoms with Gasteiger partial charge in [-0.3, -0.25) is 4.79 Å². The van der Waals surface area contributed by atoms with E-state index in [1.165, 1.54) is 6.08 Å². The second kappa shape index (κ2) is 5.40. The molecule has 0 spiro atoms. The van der Waals surface area contributed by atoms with Gasteiger partial charge in [0.1, 0.15) is 0 Å². The molecule has 5 heteroatoms. The first-order valence-corrected chi connectivity index (χ1v) is 7.47. The lowest BCUT2D eigenvalue weighted by Crippen LogP contribution is -2.36. The fraction of sp³-hybridized carbons (Fsp3) is 0.214. The summed E-state index contributed by atoms with van der Waals surface area (Å²) in [5.74, 6) is -0.508. The summed E-state index contributed by atoms with van der Waals surface area (Å²) in [6, 6.07) is 7.63. The number of amides is 1. The first kappa shape index (κ1) is 13.5. The molecule has 0 N–H and O–H groups in total. The van der Waals surface area contributed by atoms with Crippen LogP contribution in [-0.2, 0) is 14.8 Å². The quantitative estimate of drug-likeness (QED) is 0.778. The Kier molecular flexibility index (Phi) is 3.85. The minimum atomic E-state index is -3.58. The predicted octanol–water partition coefficient (Wildman–Crippen LogP) is 2.08. The molecule has 1 aromatic rings. The molecule has 0 radical (unpaired) electrons. The monoisotopic (exact) mass is 277 g/mol. The Morgan fingerprint density at radius 1 is 1.37 bits per heavy atom. The third-order valence-corrected chi connectivity index (χ3v) is 4.29. The summed E-state index contributed by atoms with van der Waals surface area (Å²) < 4.78 is 24.2. The van der Waals surface area contributed by atoms with E-state index in [-0.39, 0.29) is 6.54 Å². The highest BCUT2D eigenvalue weighted by Gasteiger charge is 2.24. The van der Waals surface area contributed by atoms with E-state index in [0.29, 0.717) is 6.42 Å². The highest BCUT2D eigenvalue weighted by molar-refractivity contribution is 7.92. The maximum absolute atomic E-state index is 11.9. The molecule has 0 unspecified atom stereocenters. The van der Waals surface area contributed by atoms with E-state index in [4.69, 9.17) is 0 Å². The SMILES string of the molecule is Cc1cccc(/C=C/C(=O)N2CCC=CS2(=O)=O)c1. The molecule has 1 aliphatic heterocycles. The lowest BCUT2D eigenvalue weighted by molar-refractivity contribution is -0.121.